The lowest BCUT2D eigenvalue weighted by atomic mass is 10.2. The Morgan fingerprint density at radius 1 is 1.39 bits per heavy atom. The lowest BCUT2D eigenvalue weighted by Crippen LogP contribution is -2.23. The van der Waals surface area contributed by atoms with Crippen LogP contribution in [-0.2, 0) is 13.0 Å². The summed E-state index contributed by atoms with van der Waals surface area (Å²) in [5.41, 5.74) is 2.53. The van der Waals surface area contributed by atoms with Crippen molar-refractivity contribution in [2.75, 3.05) is 0 Å². The van der Waals surface area contributed by atoms with Crippen LogP contribution in [-0.4, -0.2) is 14.6 Å². The van der Waals surface area contributed by atoms with E-state index in [9.17, 15) is 5.21 Å². The molecule has 7 heteroatoms. The second-order valence-electron chi connectivity index (χ2n) is 5.00. The zero-order valence-electron chi connectivity index (χ0n) is 12.4. The number of hydrogen-bond acceptors (Lipinski definition) is 4. The summed E-state index contributed by atoms with van der Waals surface area (Å²) < 4.78 is 9.09. The highest BCUT2D eigenvalue weighted by Gasteiger charge is 2.11. The van der Waals surface area contributed by atoms with E-state index >= 15 is 0 Å². The van der Waals surface area contributed by atoms with Gasteiger partial charge in [0, 0.05) is 29.5 Å². The normalized spacial score (nSPS) is 10.8. The number of pyridine rings is 1. The molecule has 3 aromatic heterocycles. The third-order valence-corrected chi connectivity index (χ3v) is 3.87. The Morgan fingerprint density at radius 3 is 2.91 bits per heavy atom. The van der Waals surface area contributed by atoms with Crippen LogP contribution in [0.15, 0.2) is 53.9 Å². The van der Waals surface area contributed by atoms with Gasteiger partial charge in [0.1, 0.15) is 6.61 Å². The summed E-state index contributed by atoms with van der Waals surface area (Å²) in [4.78, 5) is 4.58. The Kier molecular flexibility index (Phi) is 4.57. The number of hydrogen-bond donors (Lipinski definition) is 0. The van der Waals surface area contributed by atoms with E-state index < -0.39 is 0 Å². The van der Waals surface area contributed by atoms with E-state index in [4.69, 9.17) is 4.74 Å². The summed E-state index contributed by atoms with van der Waals surface area (Å²) in [6.45, 7) is 4.08. The summed E-state index contributed by atoms with van der Waals surface area (Å²) in [5, 5.41) is 15.3. The molecule has 0 fully saturated rings. The molecule has 6 nitrogen and oxygen atoms in total. The third-order valence-electron chi connectivity index (χ3n) is 3.31. The third kappa shape index (κ3) is 3.50. The maximum Gasteiger partial charge on any atom is 0.218 e. The second-order valence-corrected chi connectivity index (χ2v) is 5.85. The van der Waals surface area contributed by atoms with Crippen molar-refractivity contribution in [2.45, 2.75) is 19.4 Å². The molecule has 0 aliphatic rings. The molecular weight excluding hydrogens is 360 g/mol. The molecule has 3 heterocycles. The summed E-state index contributed by atoms with van der Waals surface area (Å²) in [7, 11) is 0. The minimum atomic E-state index is 0.346. The first-order valence-corrected chi connectivity index (χ1v) is 7.91. The highest BCUT2D eigenvalue weighted by Crippen LogP contribution is 2.23. The first-order chi connectivity index (χ1) is 11.2. The fourth-order valence-corrected chi connectivity index (χ4v) is 2.48. The van der Waals surface area contributed by atoms with E-state index in [1.165, 1.54) is 12.4 Å². The Morgan fingerprint density at radius 2 is 2.17 bits per heavy atom. The predicted molar refractivity (Wildman–Crippen MR) is 88.9 cm³/mol. The molecule has 0 unspecified atom stereocenters. The minimum absolute atomic E-state index is 0.346. The van der Waals surface area contributed by atoms with Gasteiger partial charge in [0.05, 0.1) is 10.7 Å². The lowest BCUT2D eigenvalue weighted by Gasteiger charge is -2.10. The number of aromatic nitrogens is 4. The Labute approximate surface area is 141 Å². The predicted octanol–water partition coefficient (Wildman–Crippen LogP) is 2.82. The van der Waals surface area contributed by atoms with Crippen LogP contribution >= 0.6 is 15.9 Å². The zero-order valence-corrected chi connectivity index (χ0v) is 13.9. The number of aryl methyl sites for hydroxylation is 1. The summed E-state index contributed by atoms with van der Waals surface area (Å²) >= 11 is 3.45. The highest BCUT2D eigenvalue weighted by molar-refractivity contribution is 9.10. The van der Waals surface area contributed by atoms with E-state index in [0.717, 1.165) is 33.3 Å². The molecule has 23 heavy (non-hydrogen) atoms. The summed E-state index contributed by atoms with van der Waals surface area (Å²) in [6.07, 6.45) is 8.07. The smallest absolute Gasteiger partial charge is 0.218 e. The molecule has 0 saturated carbocycles. The average Bonchev–Trinajstić information content (AvgIpc) is 2.93. The fraction of sp³-hybridized carbons (Fsp3) is 0.188. The van der Waals surface area contributed by atoms with Crippen LogP contribution in [0, 0.1) is 5.21 Å². The number of fused-ring (bicyclic) bond motifs is 1. The standard InChI is InChI=1S/C16H15BrN4O2/c1-2-3-4-13-9-15(21-16(19-13)14(17)10-18-21)23-11-12-5-7-20(22)8-6-12/h2,5-10H,1,3-4,11H2. The maximum absolute atomic E-state index is 11.1. The van der Waals surface area contributed by atoms with Crippen molar-refractivity contribution in [3.8, 4) is 5.88 Å². The number of nitrogens with zero attached hydrogens (tertiary/aromatic N) is 4. The van der Waals surface area contributed by atoms with Gasteiger partial charge in [-0.15, -0.1) is 6.58 Å². The van der Waals surface area contributed by atoms with Crippen molar-refractivity contribution in [3.63, 3.8) is 0 Å². The van der Waals surface area contributed by atoms with Crippen LogP contribution in [0.1, 0.15) is 17.7 Å². The monoisotopic (exact) mass is 374 g/mol. The van der Waals surface area contributed by atoms with Crippen LogP contribution in [0.3, 0.4) is 0 Å². The first-order valence-electron chi connectivity index (χ1n) is 7.12. The molecule has 0 aliphatic carbocycles. The van der Waals surface area contributed by atoms with Gasteiger partial charge in [-0.3, -0.25) is 0 Å². The fourth-order valence-electron chi connectivity index (χ4n) is 2.13. The lowest BCUT2D eigenvalue weighted by molar-refractivity contribution is -0.605. The SMILES string of the molecule is C=CCCc1cc(OCc2cc[n+]([O-])cc2)n2ncc(Br)c2n1. The van der Waals surface area contributed by atoms with Crippen LogP contribution in [0.25, 0.3) is 5.65 Å². The van der Waals surface area contributed by atoms with Gasteiger partial charge in [-0.1, -0.05) is 6.08 Å². The average molecular weight is 375 g/mol. The van der Waals surface area contributed by atoms with Gasteiger partial charge >= 0.3 is 0 Å². The van der Waals surface area contributed by atoms with Gasteiger partial charge in [0.2, 0.25) is 5.88 Å². The maximum atomic E-state index is 11.1. The van der Waals surface area contributed by atoms with Crippen LogP contribution < -0.4 is 9.47 Å². The molecule has 0 amide bonds. The van der Waals surface area contributed by atoms with E-state index in [1.807, 2.05) is 12.1 Å². The molecule has 3 aromatic rings. The van der Waals surface area contributed by atoms with Crippen molar-refractivity contribution in [2.24, 2.45) is 0 Å². The molecule has 0 radical (unpaired) electrons. The van der Waals surface area contributed by atoms with Crippen LogP contribution in [0.5, 0.6) is 5.88 Å². The Bertz CT molecular complexity index is 830. The molecule has 0 saturated heterocycles. The number of rotatable bonds is 6. The van der Waals surface area contributed by atoms with Gasteiger partial charge in [-0.25, -0.2) is 4.98 Å². The largest absolute Gasteiger partial charge is 0.619 e. The highest BCUT2D eigenvalue weighted by atomic mass is 79.9. The molecule has 0 N–H and O–H groups in total. The molecule has 0 atom stereocenters. The first kappa shape index (κ1) is 15.5. The number of ether oxygens (including phenoxy) is 1. The number of halogens is 1. The van der Waals surface area contributed by atoms with Crippen molar-refractivity contribution in [1.29, 1.82) is 0 Å². The van der Waals surface area contributed by atoms with Gasteiger partial charge in [-0.05, 0) is 28.8 Å². The molecular formula is C16H15BrN4O2. The van der Waals surface area contributed by atoms with Gasteiger partial charge in [0.25, 0.3) is 0 Å². The quantitative estimate of drug-likeness (QED) is 0.378. The minimum Gasteiger partial charge on any atom is -0.619 e. The Hall–Kier alpha value is -2.41. The van der Waals surface area contributed by atoms with E-state index in [-0.39, 0.29) is 0 Å². The van der Waals surface area contributed by atoms with Gasteiger partial charge < -0.3 is 9.94 Å². The van der Waals surface area contributed by atoms with E-state index in [0.29, 0.717) is 18.1 Å². The van der Waals surface area contributed by atoms with E-state index in [1.54, 1.807) is 22.8 Å². The molecule has 118 valence electrons. The Balaban J connectivity index is 1.88. The van der Waals surface area contributed by atoms with Crippen LogP contribution in [0.4, 0.5) is 0 Å². The number of allylic oxidation sites excluding steroid dienone is 1. The van der Waals surface area contributed by atoms with Crippen molar-refractivity contribution in [1.82, 2.24) is 14.6 Å². The van der Waals surface area contributed by atoms with E-state index in [2.05, 4.69) is 32.6 Å². The topological polar surface area (TPSA) is 66.4 Å². The van der Waals surface area contributed by atoms with Gasteiger partial charge in [-0.2, -0.15) is 14.3 Å². The molecule has 0 bridgehead atoms. The van der Waals surface area contributed by atoms with Crippen molar-refractivity contribution in [3.05, 3.63) is 70.4 Å². The molecule has 0 aliphatic heterocycles. The van der Waals surface area contributed by atoms with Gasteiger partial charge in [0.15, 0.2) is 18.0 Å². The summed E-state index contributed by atoms with van der Waals surface area (Å²) in [5.74, 6) is 0.610. The van der Waals surface area contributed by atoms with Crippen molar-refractivity contribution >= 4 is 21.6 Å². The molecule has 0 spiro atoms. The van der Waals surface area contributed by atoms with Crippen LogP contribution in [0.2, 0.25) is 0 Å². The second kappa shape index (κ2) is 6.78. The van der Waals surface area contributed by atoms with Crippen molar-refractivity contribution < 1.29 is 9.47 Å². The zero-order chi connectivity index (χ0) is 16.2. The molecule has 0 aromatic carbocycles. The molecule has 3 rings (SSSR count). The summed E-state index contributed by atoms with van der Waals surface area (Å²) in [6, 6.07) is 5.33.